The molecule has 1 N–H and O–H groups in total. The second-order valence-electron chi connectivity index (χ2n) is 11.1. The van der Waals surface area contributed by atoms with Gasteiger partial charge in [-0.3, -0.25) is 18.9 Å². The minimum absolute atomic E-state index is 0.0308. The summed E-state index contributed by atoms with van der Waals surface area (Å²) in [5.41, 5.74) is -0.511. The second-order valence-corrected chi connectivity index (χ2v) is 13.7. The minimum atomic E-state index is -4.73. The molecular formula is C32H26F3N2O6PS. The van der Waals surface area contributed by atoms with Crippen molar-refractivity contribution < 1.29 is 31.3 Å². The van der Waals surface area contributed by atoms with Crippen LogP contribution < -0.4 is 20.3 Å². The molecule has 7 rings (SSSR count). The van der Waals surface area contributed by atoms with Crippen molar-refractivity contribution in [2.75, 3.05) is 0 Å². The second kappa shape index (κ2) is 11.0. The Morgan fingerprint density at radius 1 is 0.978 bits per heavy atom. The summed E-state index contributed by atoms with van der Waals surface area (Å²) in [7, 11) is -4.73. The lowest BCUT2D eigenvalue weighted by Crippen LogP contribution is -2.33. The van der Waals surface area contributed by atoms with Crippen LogP contribution in [0.25, 0.3) is 21.3 Å². The van der Waals surface area contributed by atoms with Crippen molar-refractivity contribution in [3.05, 3.63) is 115 Å². The Kier molecular flexibility index (Phi) is 7.26. The lowest BCUT2D eigenvalue weighted by atomic mass is 9.92. The number of aryl methyl sites for hydroxylation is 2. The highest BCUT2D eigenvalue weighted by molar-refractivity contribution is 7.49. The van der Waals surface area contributed by atoms with E-state index in [2.05, 4.69) is 4.98 Å². The number of hydrogen-bond donors (Lipinski definition) is 1. The smallest absolute Gasteiger partial charge is 0.395 e. The maximum atomic E-state index is 15.8. The van der Waals surface area contributed by atoms with E-state index in [1.807, 2.05) is 0 Å². The molecule has 1 unspecified atom stereocenters. The number of aromatic amines is 1. The van der Waals surface area contributed by atoms with Crippen LogP contribution in [0.15, 0.2) is 82.4 Å². The highest BCUT2D eigenvalue weighted by Crippen LogP contribution is 2.59. The fourth-order valence-corrected chi connectivity index (χ4v) is 8.43. The molecule has 1 saturated carbocycles. The SMILES string of the molecule is Cc1c(-c2cc3c(s2)CCC(F)(F)C3OP(=O)(Oc2ccccc2)Oc2ccccc2)c(F)cc2c(=O)[nH]c(=O)n(C3CC3)c12. The monoisotopic (exact) mass is 654 g/mol. The molecule has 2 aromatic heterocycles. The first-order valence-electron chi connectivity index (χ1n) is 14.3. The van der Waals surface area contributed by atoms with Gasteiger partial charge in [0.05, 0.1) is 10.9 Å². The van der Waals surface area contributed by atoms with Crippen LogP contribution in [0.2, 0.25) is 0 Å². The van der Waals surface area contributed by atoms with Gasteiger partial charge >= 0.3 is 13.5 Å². The van der Waals surface area contributed by atoms with E-state index in [0.29, 0.717) is 20.8 Å². The van der Waals surface area contributed by atoms with Gasteiger partial charge in [0.2, 0.25) is 0 Å². The number of nitrogens with zero attached hydrogens (tertiary/aromatic N) is 1. The number of H-pyrrole nitrogens is 1. The fourth-order valence-electron chi connectivity index (χ4n) is 5.73. The summed E-state index contributed by atoms with van der Waals surface area (Å²) in [6.45, 7) is 1.61. The third-order valence-electron chi connectivity index (χ3n) is 7.93. The highest BCUT2D eigenvalue weighted by atomic mass is 32.1. The molecule has 45 heavy (non-hydrogen) atoms. The number of phosphoric ester groups is 1. The molecule has 232 valence electrons. The maximum Gasteiger partial charge on any atom is 0.588 e. The van der Waals surface area contributed by atoms with E-state index in [4.69, 9.17) is 13.6 Å². The van der Waals surface area contributed by atoms with Gasteiger partial charge in [0.15, 0.2) is 6.10 Å². The molecule has 8 nitrogen and oxygen atoms in total. The molecule has 2 heterocycles. The number of halogens is 3. The van der Waals surface area contributed by atoms with E-state index < -0.39 is 43.3 Å². The molecule has 2 aliphatic carbocycles. The Morgan fingerprint density at radius 2 is 1.60 bits per heavy atom. The molecule has 0 bridgehead atoms. The Bertz CT molecular complexity index is 2050. The molecule has 13 heteroatoms. The van der Waals surface area contributed by atoms with Crippen molar-refractivity contribution in [3.8, 4) is 21.9 Å². The van der Waals surface area contributed by atoms with Gasteiger partial charge in [-0.15, -0.1) is 11.3 Å². The first-order valence-corrected chi connectivity index (χ1v) is 16.6. The van der Waals surface area contributed by atoms with Crippen LogP contribution in [0.1, 0.15) is 47.4 Å². The van der Waals surface area contributed by atoms with Crippen LogP contribution in [0.4, 0.5) is 13.2 Å². The first-order chi connectivity index (χ1) is 21.5. The fraction of sp³-hybridized carbons (Fsp3) is 0.250. The first kappa shape index (κ1) is 29.6. The molecule has 0 aliphatic heterocycles. The van der Waals surface area contributed by atoms with Crippen LogP contribution in [0, 0.1) is 12.7 Å². The zero-order chi connectivity index (χ0) is 31.5. The summed E-state index contributed by atoms with van der Waals surface area (Å²) in [5.74, 6) is -4.03. The molecule has 0 radical (unpaired) electrons. The quantitative estimate of drug-likeness (QED) is 0.170. The van der Waals surface area contributed by atoms with E-state index in [1.165, 1.54) is 34.9 Å². The number of rotatable bonds is 8. The average Bonchev–Trinajstić information content (AvgIpc) is 3.74. The van der Waals surface area contributed by atoms with Crippen molar-refractivity contribution in [2.24, 2.45) is 0 Å². The topological polar surface area (TPSA) is 99.6 Å². The summed E-state index contributed by atoms with van der Waals surface area (Å²) < 4.78 is 79.6. The van der Waals surface area contributed by atoms with Gasteiger partial charge in [-0.05, 0) is 68.1 Å². The van der Waals surface area contributed by atoms with Crippen LogP contribution in [-0.4, -0.2) is 15.5 Å². The number of thiophene rings is 1. The summed E-state index contributed by atoms with van der Waals surface area (Å²) >= 11 is 1.10. The third kappa shape index (κ3) is 5.51. The van der Waals surface area contributed by atoms with Gasteiger partial charge in [-0.25, -0.2) is 22.5 Å². The molecule has 0 spiro atoms. The van der Waals surface area contributed by atoms with E-state index in [-0.39, 0.29) is 40.5 Å². The van der Waals surface area contributed by atoms with E-state index in [9.17, 15) is 14.2 Å². The minimum Gasteiger partial charge on any atom is -0.395 e. The van der Waals surface area contributed by atoms with Gasteiger partial charge < -0.3 is 9.05 Å². The molecular weight excluding hydrogens is 628 g/mol. The Hall–Kier alpha value is -4.12. The number of alkyl halides is 2. The lowest BCUT2D eigenvalue weighted by molar-refractivity contribution is -0.115. The number of hydrogen-bond acceptors (Lipinski definition) is 7. The molecule has 2 aliphatic rings. The predicted octanol–water partition coefficient (Wildman–Crippen LogP) is 8.11. The van der Waals surface area contributed by atoms with E-state index in [1.54, 1.807) is 43.3 Å². The normalized spacial score (nSPS) is 17.6. The Labute approximate surface area is 258 Å². The van der Waals surface area contributed by atoms with Gasteiger partial charge in [-0.2, -0.15) is 0 Å². The zero-order valence-corrected chi connectivity index (χ0v) is 25.5. The van der Waals surface area contributed by atoms with Crippen molar-refractivity contribution >= 4 is 30.1 Å². The number of aromatic nitrogens is 2. The summed E-state index contributed by atoms with van der Waals surface area (Å²) in [5, 5.41) is 0.0337. The largest absolute Gasteiger partial charge is 0.588 e. The van der Waals surface area contributed by atoms with Crippen LogP contribution in [0.5, 0.6) is 11.5 Å². The summed E-state index contributed by atoms with van der Waals surface area (Å²) in [6.07, 6.45) is -1.20. The van der Waals surface area contributed by atoms with Gasteiger partial charge in [0, 0.05) is 33.3 Å². The number of para-hydroxylation sites is 2. The highest BCUT2D eigenvalue weighted by Gasteiger charge is 2.51. The number of nitrogens with one attached hydrogen (secondary N) is 1. The standard InChI is InChI=1S/C32H26F3N2O6PS/c1-18-27(24(33)16-23-28(18)37(19-12-13-19)31(39)36-30(23)38)26-17-22-25(45-26)14-15-32(34,35)29(22)43-44(40,41-20-8-4-2-5-9-20)42-21-10-6-3-7-11-21/h2-11,16-17,19,29H,12-15H2,1H3,(H,36,38,39). The number of phosphoric acid groups is 1. The predicted molar refractivity (Wildman–Crippen MR) is 164 cm³/mol. The molecule has 3 aromatic carbocycles. The van der Waals surface area contributed by atoms with Crippen molar-refractivity contribution in [3.63, 3.8) is 0 Å². The van der Waals surface area contributed by atoms with Gasteiger partial charge in [0.1, 0.15) is 17.3 Å². The third-order valence-corrected chi connectivity index (χ3v) is 10.5. The molecule has 5 aromatic rings. The van der Waals surface area contributed by atoms with Crippen molar-refractivity contribution in [1.29, 1.82) is 0 Å². The van der Waals surface area contributed by atoms with Crippen molar-refractivity contribution in [1.82, 2.24) is 9.55 Å². The Balaban J connectivity index is 1.33. The van der Waals surface area contributed by atoms with Gasteiger partial charge in [0.25, 0.3) is 11.5 Å². The summed E-state index contributed by atoms with van der Waals surface area (Å²) in [4.78, 5) is 28.5. The Morgan fingerprint density at radius 3 is 2.20 bits per heavy atom. The molecule has 0 amide bonds. The lowest BCUT2D eigenvalue weighted by Gasteiger charge is -2.33. The van der Waals surface area contributed by atoms with Crippen LogP contribution in [0.3, 0.4) is 0 Å². The van der Waals surface area contributed by atoms with Crippen LogP contribution in [-0.2, 0) is 15.5 Å². The van der Waals surface area contributed by atoms with Crippen molar-refractivity contribution in [2.45, 2.75) is 50.7 Å². The molecule has 0 saturated heterocycles. The maximum absolute atomic E-state index is 15.8. The average molecular weight is 655 g/mol. The zero-order valence-electron chi connectivity index (χ0n) is 23.8. The van der Waals surface area contributed by atoms with E-state index >= 15 is 13.2 Å². The van der Waals surface area contributed by atoms with E-state index in [0.717, 1.165) is 30.2 Å². The molecule has 1 atom stereocenters. The van der Waals surface area contributed by atoms with Crippen LogP contribution >= 0.6 is 19.2 Å². The number of benzene rings is 3. The number of fused-ring (bicyclic) bond motifs is 2. The van der Waals surface area contributed by atoms with Gasteiger partial charge in [-0.1, -0.05) is 36.4 Å². The molecule has 1 fully saturated rings. The summed E-state index contributed by atoms with van der Waals surface area (Å²) in [6, 6.07) is 18.2.